The van der Waals surface area contributed by atoms with Crippen LogP contribution in [0.2, 0.25) is 0 Å². The van der Waals surface area contributed by atoms with Crippen molar-refractivity contribution in [2.45, 2.75) is 12.8 Å². The molecule has 0 atom stereocenters. The number of thiazole rings is 1. The lowest BCUT2D eigenvalue weighted by molar-refractivity contribution is 0.0700. The normalized spacial score (nSPS) is 10.5. The van der Waals surface area contributed by atoms with Gasteiger partial charge in [-0.2, -0.15) is 0 Å². The molecule has 0 aliphatic heterocycles. The van der Waals surface area contributed by atoms with Gasteiger partial charge in [0.25, 0.3) is 0 Å². The van der Waals surface area contributed by atoms with Crippen molar-refractivity contribution in [1.82, 2.24) is 9.97 Å². The maximum atomic E-state index is 11.4. The number of carboxylic acids is 1. The van der Waals surface area contributed by atoms with Crippen molar-refractivity contribution in [3.05, 3.63) is 70.9 Å². The lowest BCUT2D eigenvalue weighted by Gasteiger charge is -2.00. The Hall–Kier alpha value is -2.53. The Kier molecular flexibility index (Phi) is 4.25. The minimum absolute atomic E-state index is 0.302. The number of carbonyl (C=O) groups is 1. The summed E-state index contributed by atoms with van der Waals surface area (Å²) < 4.78 is 0. The van der Waals surface area contributed by atoms with Crippen LogP contribution in [0.3, 0.4) is 0 Å². The fourth-order valence-corrected chi connectivity index (χ4v) is 3.12. The lowest BCUT2D eigenvalue weighted by Crippen LogP contribution is -2.00. The Balaban J connectivity index is 1.86. The van der Waals surface area contributed by atoms with Gasteiger partial charge in [0, 0.05) is 6.20 Å². The Morgan fingerprint density at radius 2 is 1.82 bits per heavy atom. The molecule has 0 fully saturated rings. The molecule has 0 spiro atoms. The van der Waals surface area contributed by atoms with Gasteiger partial charge in [0.05, 0.1) is 11.4 Å². The molecule has 5 heteroatoms. The summed E-state index contributed by atoms with van der Waals surface area (Å²) in [7, 11) is 0. The molecule has 0 bridgehead atoms. The largest absolute Gasteiger partial charge is 0.477 e. The number of pyridine rings is 1. The van der Waals surface area contributed by atoms with Crippen LogP contribution in [-0.4, -0.2) is 21.0 Å². The Morgan fingerprint density at radius 1 is 1.05 bits per heavy atom. The summed E-state index contributed by atoms with van der Waals surface area (Å²) in [6, 6.07) is 15.5. The molecule has 1 N–H and O–H groups in total. The molecule has 0 aliphatic rings. The van der Waals surface area contributed by atoms with Gasteiger partial charge in [-0.1, -0.05) is 36.4 Å². The van der Waals surface area contributed by atoms with Gasteiger partial charge in [0.15, 0.2) is 0 Å². The van der Waals surface area contributed by atoms with E-state index in [4.69, 9.17) is 0 Å². The van der Waals surface area contributed by atoms with E-state index >= 15 is 0 Å². The van der Waals surface area contributed by atoms with E-state index in [9.17, 15) is 9.90 Å². The van der Waals surface area contributed by atoms with E-state index < -0.39 is 5.97 Å². The van der Waals surface area contributed by atoms with Crippen LogP contribution in [0.1, 0.15) is 20.9 Å². The van der Waals surface area contributed by atoms with Gasteiger partial charge in [0.2, 0.25) is 0 Å². The number of aryl methyl sites for hydroxylation is 2. The van der Waals surface area contributed by atoms with Gasteiger partial charge in [-0.05, 0) is 30.5 Å². The third kappa shape index (κ3) is 3.20. The molecule has 110 valence electrons. The number of aromatic nitrogens is 2. The van der Waals surface area contributed by atoms with Crippen molar-refractivity contribution in [2.24, 2.45) is 0 Å². The van der Waals surface area contributed by atoms with Gasteiger partial charge in [-0.15, -0.1) is 11.3 Å². The van der Waals surface area contributed by atoms with Crippen molar-refractivity contribution in [3.63, 3.8) is 0 Å². The number of carboxylic acid groups (broad SMARTS) is 1. The Labute approximate surface area is 132 Å². The summed E-state index contributed by atoms with van der Waals surface area (Å²) in [5, 5.41) is 10.0. The van der Waals surface area contributed by atoms with E-state index in [1.54, 1.807) is 6.20 Å². The lowest BCUT2D eigenvalue weighted by atomic mass is 10.1. The van der Waals surface area contributed by atoms with E-state index in [-0.39, 0.29) is 0 Å². The number of aromatic carboxylic acids is 1. The van der Waals surface area contributed by atoms with Gasteiger partial charge < -0.3 is 5.11 Å². The smallest absolute Gasteiger partial charge is 0.347 e. The molecule has 2 aromatic heterocycles. The van der Waals surface area contributed by atoms with Crippen LogP contribution in [0.15, 0.2) is 54.7 Å². The first-order valence-electron chi connectivity index (χ1n) is 6.92. The van der Waals surface area contributed by atoms with Crippen LogP contribution in [0.4, 0.5) is 0 Å². The fraction of sp³-hybridized carbons (Fsp3) is 0.118. The van der Waals surface area contributed by atoms with Crippen LogP contribution in [-0.2, 0) is 12.8 Å². The monoisotopic (exact) mass is 310 g/mol. The predicted octanol–water partition coefficient (Wildman–Crippen LogP) is 3.69. The van der Waals surface area contributed by atoms with Crippen molar-refractivity contribution < 1.29 is 9.90 Å². The third-order valence-electron chi connectivity index (χ3n) is 3.27. The first kappa shape index (κ1) is 14.4. The van der Waals surface area contributed by atoms with E-state index in [2.05, 4.69) is 9.97 Å². The van der Waals surface area contributed by atoms with E-state index in [1.165, 1.54) is 16.9 Å². The summed E-state index contributed by atoms with van der Waals surface area (Å²) in [4.78, 5) is 20.5. The van der Waals surface area contributed by atoms with Gasteiger partial charge in [-0.3, -0.25) is 4.98 Å². The van der Waals surface area contributed by atoms with Crippen LogP contribution in [0.25, 0.3) is 10.7 Å². The number of hydrogen-bond donors (Lipinski definition) is 1. The second kappa shape index (κ2) is 6.49. The van der Waals surface area contributed by atoms with Crippen molar-refractivity contribution in [1.29, 1.82) is 0 Å². The Morgan fingerprint density at radius 3 is 2.50 bits per heavy atom. The zero-order valence-electron chi connectivity index (χ0n) is 11.8. The van der Waals surface area contributed by atoms with Crippen LogP contribution >= 0.6 is 11.3 Å². The minimum atomic E-state index is -0.928. The van der Waals surface area contributed by atoms with Gasteiger partial charge in [0.1, 0.15) is 9.88 Å². The highest BCUT2D eigenvalue weighted by Crippen LogP contribution is 2.27. The molecule has 3 aromatic rings. The number of benzene rings is 1. The molecule has 2 heterocycles. The first-order valence-corrected chi connectivity index (χ1v) is 7.74. The molecule has 0 saturated carbocycles. The highest BCUT2D eigenvalue weighted by Gasteiger charge is 2.18. The number of nitrogens with zero attached hydrogens (tertiary/aromatic N) is 2. The molecule has 0 aliphatic carbocycles. The average Bonchev–Trinajstić information content (AvgIpc) is 2.99. The van der Waals surface area contributed by atoms with Crippen molar-refractivity contribution >= 4 is 17.3 Å². The predicted molar refractivity (Wildman–Crippen MR) is 86.2 cm³/mol. The summed E-state index contributed by atoms with van der Waals surface area (Å²) >= 11 is 1.18. The molecule has 0 unspecified atom stereocenters. The summed E-state index contributed by atoms with van der Waals surface area (Å²) in [6.45, 7) is 0. The number of hydrogen-bond acceptors (Lipinski definition) is 4. The standard InChI is InChI=1S/C17H14N2O2S/c20-17(21)15-13(10-9-12-6-2-1-3-7-12)19-16(22-15)14-8-4-5-11-18-14/h1-8,11H,9-10H2,(H,20,21). The van der Waals surface area contributed by atoms with Gasteiger partial charge in [-0.25, -0.2) is 9.78 Å². The molecule has 0 radical (unpaired) electrons. The van der Waals surface area contributed by atoms with Crippen LogP contribution < -0.4 is 0 Å². The zero-order chi connectivity index (χ0) is 15.4. The molecule has 0 saturated heterocycles. The SMILES string of the molecule is O=C(O)c1sc(-c2ccccn2)nc1CCc1ccccc1. The van der Waals surface area contributed by atoms with Crippen molar-refractivity contribution in [3.8, 4) is 10.7 Å². The maximum absolute atomic E-state index is 11.4. The second-order valence-corrected chi connectivity index (χ2v) is 5.80. The molecule has 3 rings (SSSR count). The summed E-state index contributed by atoms with van der Waals surface area (Å²) in [5.74, 6) is -0.928. The van der Waals surface area contributed by atoms with E-state index in [1.807, 2.05) is 48.5 Å². The van der Waals surface area contributed by atoms with Crippen LogP contribution in [0, 0.1) is 0 Å². The Bertz CT molecular complexity index is 770. The topological polar surface area (TPSA) is 63.1 Å². The summed E-state index contributed by atoms with van der Waals surface area (Å²) in [5.41, 5.74) is 2.51. The van der Waals surface area contributed by atoms with Gasteiger partial charge >= 0.3 is 5.97 Å². The molecule has 22 heavy (non-hydrogen) atoms. The molecule has 4 nitrogen and oxygen atoms in total. The van der Waals surface area contributed by atoms with Crippen LogP contribution in [0.5, 0.6) is 0 Å². The van der Waals surface area contributed by atoms with Crippen molar-refractivity contribution in [2.75, 3.05) is 0 Å². The second-order valence-electron chi connectivity index (χ2n) is 4.80. The molecule has 1 aromatic carbocycles. The zero-order valence-corrected chi connectivity index (χ0v) is 12.6. The molecule has 0 amide bonds. The summed E-state index contributed by atoms with van der Waals surface area (Å²) in [6.07, 6.45) is 3.06. The third-order valence-corrected chi connectivity index (χ3v) is 4.38. The highest BCUT2D eigenvalue weighted by atomic mass is 32.1. The van der Waals surface area contributed by atoms with E-state index in [0.717, 1.165) is 6.42 Å². The average molecular weight is 310 g/mol. The minimum Gasteiger partial charge on any atom is -0.477 e. The number of rotatable bonds is 5. The maximum Gasteiger partial charge on any atom is 0.347 e. The fourth-order valence-electron chi connectivity index (χ4n) is 2.19. The highest BCUT2D eigenvalue weighted by molar-refractivity contribution is 7.17. The quantitative estimate of drug-likeness (QED) is 0.780. The molecular weight excluding hydrogens is 296 g/mol. The van der Waals surface area contributed by atoms with E-state index in [0.29, 0.717) is 27.7 Å². The molecular formula is C17H14N2O2S. The first-order chi connectivity index (χ1) is 10.7.